The van der Waals surface area contributed by atoms with Gasteiger partial charge in [0.15, 0.2) is 69.9 Å². The number of nitrogens with zero attached hydrogens (tertiary/aromatic N) is 1. The standard InChI is InChI=1S/C77H95NO32Si/c1-40(79)92-37-56-61(96-42(3)81)65(98-44(5)83)68(100-46(7)85)74(105-56)109-63-58(39-95-111(14,15)77(10,11)12)107-75(70(102-48(9)87)67(63)110-76-69(101-47(8)86)66(99-45(6)84)62(97-43(4)82)57(106-76)38-93-41(2)80)108-60-55(36-91-34-49-24-18-16-19-25-49)104-73(103-52-32-30-51(90-13)31-33-52)59(64(60)94-35-50-26-20-17-21-27-50)78-71(88)53-28-22-23-29-54(53)72(78)89/h16-33,55-70,73-76H,34-39H2,1-15H3. The second-order valence-electron chi connectivity index (χ2n) is 28.2. The van der Waals surface area contributed by atoms with Gasteiger partial charge >= 0.3 is 53.7 Å². The molecule has 0 spiro atoms. The van der Waals surface area contributed by atoms with Crippen molar-refractivity contribution in [1.82, 2.24) is 4.90 Å². The maximum atomic E-state index is 15.3. The summed E-state index contributed by atoms with van der Waals surface area (Å²) >= 11 is 0. The van der Waals surface area contributed by atoms with E-state index < -0.39 is 228 Å². The van der Waals surface area contributed by atoms with Crippen LogP contribution in [0.25, 0.3) is 0 Å². The van der Waals surface area contributed by atoms with Crippen LogP contribution in [0.1, 0.15) is 115 Å². The predicted octanol–water partition coefficient (Wildman–Crippen LogP) is 6.27. The number of ether oxygens (including phenoxy) is 20. The van der Waals surface area contributed by atoms with Gasteiger partial charge in [-0.3, -0.25) is 57.6 Å². The van der Waals surface area contributed by atoms with Crippen LogP contribution in [0, 0.1) is 0 Å². The third kappa shape index (κ3) is 22.3. The molecule has 0 saturated carbocycles. The summed E-state index contributed by atoms with van der Waals surface area (Å²) in [6.07, 6.45) is -35.8. The Morgan fingerprint density at radius 3 is 1.15 bits per heavy atom. The Balaban J connectivity index is 1.32. The third-order valence-electron chi connectivity index (χ3n) is 18.8. The van der Waals surface area contributed by atoms with Crippen molar-refractivity contribution in [2.45, 2.75) is 237 Å². The molecular formula is C77H95NO32Si. The highest BCUT2D eigenvalue weighted by Gasteiger charge is 2.63. The van der Waals surface area contributed by atoms with Crippen molar-refractivity contribution < 1.29 is 152 Å². The van der Waals surface area contributed by atoms with Gasteiger partial charge in [0.25, 0.3) is 11.8 Å². The number of amides is 2. The zero-order valence-corrected chi connectivity index (χ0v) is 65.2. The molecule has 5 heterocycles. The maximum Gasteiger partial charge on any atom is 0.303 e. The molecule has 0 bridgehead atoms. The number of imide groups is 1. The summed E-state index contributed by atoms with van der Waals surface area (Å²) in [5, 5.41) is -0.600. The first-order chi connectivity index (χ1) is 52.6. The first-order valence-corrected chi connectivity index (χ1v) is 38.8. The molecular weight excluding hydrogens is 1480 g/mol. The van der Waals surface area contributed by atoms with E-state index in [-0.39, 0.29) is 30.1 Å². The van der Waals surface area contributed by atoms with E-state index in [2.05, 4.69) is 0 Å². The van der Waals surface area contributed by atoms with E-state index in [1.54, 1.807) is 78.9 Å². The van der Waals surface area contributed by atoms with Crippen LogP contribution in [0.4, 0.5) is 0 Å². The molecule has 5 aliphatic heterocycles. The van der Waals surface area contributed by atoms with Gasteiger partial charge in [-0.1, -0.05) is 93.6 Å². The van der Waals surface area contributed by atoms with Crippen LogP contribution >= 0.6 is 0 Å². The molecule has 5 aliphatic rings. The summed E-state index contributed by atoms with van der Waals surface area (Å²) < 4.78 is 135. The lowest BCUT2D eigenvalue weighted by Gasteiger charge is -2.53. The fourth-order valence-electron chi connectivity index (χ4n) is 13.0. The van der Waals surface area contributed by atoms with Gasteiger partial charge in [0, 0.05) is 62.3 Å². The minimum Gasteiger partial charge on any atom is -0.497 e. The molecule has 34 heteroatoms. The number of fused-ring (bicyclic) bond motifs is 1. The lowest BCUT2D eigenvalue weighted by molar-refractivity contribution is -0.397. The highest BCUT2D eigenvalue weighted by Crippen LogP contribution is 2.44. The fraction of sp³-hybridized carbons (Fsp3) is 0.545. The van der Waals surface area contributed by atoms with Crippen LogP contribution in [0.5, 0.6) is 11.5 Å². The van der Waals surface area contributed by atoms with Gasteiger partial charge in [0.2, 0.25) is 6.29 Å². The lowest BCUT2D eigenvalue weighted by atomic mass is 9.93. The van der Waals surface area contributed by atoms with Gasteiger partial charge in [0.05, 0.1) is 44.7 Å². The number of carbonyl (C=O) groups is 11. The number of esters is 9. The molecule has 0 radical (unpaired) electrons. The molecule has 0 aromatic heterocycles. The summed E-state index contributed by atoms with van der Waals surface area (Å²) in [6, 6.07) is 28.7. The van der Waals surface area contributed by atoms with E-state index in [1.807, 2.05) is 52.1 Å². The smallest absolute Gasteiger partial charge is 0.303 e. The summed E-state index contributed by atoms with van der Waals surface area (Å²) in [5.74, 6) is -9.99. The van der Waals surface area contributed by atoms with Gasteiger partial charge in [-0.2, -0.15) is 0 Å². The van der Waals surface area contributed by atoms with Crippen LogP contribution in [0.2, 0.25) is 18.1 Å². The summed E-state index contributed by atoms with van der Waals surface area (Å²) in [4.78, 5) is 152. The van der Waals surface area contributed by atoms with E-state index in [0.29, 0.717) is 16.9 Å². The molecule has 4 saturated heterocycles. The van der Waals surface area contributed by atoms with Crippen molar-refractivity contribution in [2.75, 3.05) is 33.5 Å². The third-order valence-corrected chi connectivity index (χ3v) is 23.3. The number of carbonyl (C=O) groups excluding carboxylic acids is 11. The molecule has 4 fully saturated rings. The second-order valence-corrected chi connectivity index (χ2v) is 33.0. The first kappa shape index (κ1) is 85.7. The first-order valence-electron chi connectivity index (χ1n) is 35.9. The Labute approximate surface area is 641 Å². The molecule has 0 aliphatic carbocycles. The Kier molecular flexibility index (Phi) is 29.5. The summed E-state index contributed by atoms with van der Waals surface area (Å²) in [6.45, 7) is 15.8. The molecule has 4 aromatic rings. The minimum atomic E-state index is -3.10. The maximum absolute atomic E-state index is 15.3. The molecule has 20 unspecified atom stereocenters. The van der Waals surface area contributed by atoms with Gasteiger partial charge in [-0.05, 0) is 65.7 Å². The van der Waals surface area contributed by atoms with Crippen LogP contribution < -0.4 is 9.47 Å². The van der Waals surface area contributed by atoms with E-state index in [9.17, 15) is 43.2 Å². The van der Waals surface area contributed by atoms with Gasteiger partial charge in [0.1, 0.15) is 79.6 Å². The zero-order chi connectivity index (χ0) is 80.8. The molecule has 9 rings (SSSR count). The largest absolute Gasteiger partial charge is 0.497 e. The van der Waals surface area contributed by atoms with Crippen molar-refractivity contribution in [2.24, 2.45) is 0 Å². The lowest BCUT2D eigenvalue weighted by Crippen LogP contribution is -2.71. The molecule has 20 atom stereocenters. The molecule has 0 N–H and O–H groups in total. The van der Waals surface area contributed by atoms with Crippen molar-refractivity contribution in [3.63, 3.8) is 0 Å². The van der Waals surface area contributed by atoms with Crippen molar-refractivity contribution in [3.8, 4) is 11.5 Å². The molecule has 4 aromatic carbocycles. The predicted molar refractivity (Wildman–Crippen MR) is 380 cm³/mol. The molecule has 604 valence electrons. The van der Waals surface area contributed by atoms with E-state index in [0.717, 1.165) is 67.2 Å². The van der Waals surface area contributed by atoms with Gasteiger partial charge in [-0.15, -0.1) is 0 Å². The normalized spacial score (nSPS) is 28.6. The summed E-state index contributed by atoms with van der Waals surface area (Å²) in [7, 11) is -1.63. The van der Waals surface area contributed by atoms with Crippen molar-refractivity contribution in [1.29, 1.82) is 0 Å². The zero-order valence-electron chi connectivity index (χ0n) is 64.2. The molecule has 111 heavy (non-hydrogen) atoms. The number of rotatable bonds is 31. The molecule has 33 nitrogen and oxygen atoms in total. The number of methoxy groups -OCH3 is 1. The number of benzene rings is 4. The SMILES string of the molecule is COc1ccc(OC2OC(COCc3ccccc3)C(OC3OC(CO[Si](C)(C)C(C)(C)C)C(OC4OC(COC(C)=O)C(OC(C)=O)C(OC(C)=O)C4OC(C)=O)C(OC4OC(COC(C)=O)C(OC(C)=O)C(OC(C)=O)C4OC(C)=O)C3OC(C)=O)C(OCc3ccccc3)C2N2C(=O)c3ccccc3C2=O)cc1. The van der Waals surface area contributed by atoms with E-state index in [1.165, 1.54) is 19.2 Å². The minimum absolute atomic E-state index is 0.0123. The second kappa shape index (κ2) is 38.3. The topological polar surface area (TPSA) is 385 Å². The summed E-state index contributed by atoms with van der Waals surface area (Å²) in [5.41, 5.74) is 1.30. The molecule has 2 amide bonds. The van der Waals surface area contributed by atoms with Crippen LogP contribution in [-0.2, 0) is 146 Å². The highest BCUT2D eigenvalue weighted by molar-refractivity contribution is 6.74. The van der Waals surface area contributed by atoms with Gasteiger partial charge in [-0.25, -0.2) is 0 Å². The van der Waals surface area contributed by atoms with Crippen LogP contribution in [0.3, 0.4) is 0 Å². The van der Waals surface area contributed by atoms with Crippen molar-refractivity contribution >= 4 is 73.9 Å². The quantitative estimate of drug-likeness (QED) is 0.0232. The highest BCUT2D eigenvalue weighted by atomic mass is 28.4. The van der Waals surface area contributed by atoms with Crippen molar-refractivity contribution in [3.05, 3.63) is 131 Å². The fourth-order valence-corrected chi connectivity index (χ4v) is 14.0. The van der Waals surface area contributed by atoms with Crippen LogP contribution in [-0.4, -0.2) is 235 Å². The average Bonchev–Trinajstić information content (AvgIpc) is 1.71. The number of hydrogen-bond donors (Lipinski definition) is 0. The Morgan fingerprint density at radius 1 is 0.387 bits per heavy atom. The average molecular weight is 1570 g/mol. The number of hydrogen-bond acceptors (Lipinski definition) is 32. The van der Waals surface area contributed by atoms with E-state index in [4.69, 9.17) is 99.2 Å². The monoisotopic (exact) mass is 1570 g/mol. The Hall–Kier alpha value is -9.33. The van der Waals surface area contributed by atoms with Crippen LogP contribution in [0.15, 0.2) is 109 Å². The van der Waals surface area contributed by atoms with Gasteiger partial charge < -0.3 is 99.2 Å². The van der Waals surface area contributed by atoms with E-state index >= 15 is 9.59 Å². The Bertz CT molecular complexity index is 3880. The Morgan fingerprint density at radius 2 is 0.739 bits per heavy atom.